The molecule has 20 heavy (non-hydrogen) atoms. The summed E-state index contributed by atoms with van der Waals surface area (Å²) in [6, 6.07) is 1.46. The molecule has 0 aromatic heterocycles. The molecular weight excluding hydrogens is 258 g/mol. The number of rotatable bonds is 3. The van der Waals surface area contributed by atoms with Gasteiger partial charge in [-0.25, -0.2) is 0 Å². The molecule has 0 fully saturated rings. The first-order valence-corrected chi connectivity index (χ1v) is 6.95. The summed E-state index contributed by atoms with van der Waals surface area (Å²) in [5.74, 6) is 0.717. The molecule has 3 rings (SSSR count). The first-order chi connectivity index (χ1) is 9.45. The molecule has 108 valence electrons. The van der Waals surface area contributed by atoms with E-state index in [0.717, 1.165) is 41.0 Å². The van der Waals surface area contributed by atoms with Crippen LogP contribution in [0.4, 0.5) is 0 Å². The van der Waals surface area contributed by atoms with Crippen molar-refractivity contribution >= 4 is 5.97 Å². The highest BCUT2D eigenvalue weighted by molar-refractivity contribution is 5.69. The summed E-state index contributed by atoms with van der Waals surface area (Å²) in [7, 11) is 0. The minimum Gasteiger partial charge on any atom is -0.490 e. The van der Waals surface area contributed by atoms with Gasteiger partial charge in [-0.1, -0.05) is 0 Å². The molecule has 1 aromatic rings. The molecule has 5 heteroatoms. The van der Waals surface area contributed by atoms with Crippen LogP contribution in [0.15, 0.2) is 6.07 Å². The van der Waals surface area contributed by atoms with Gasteiger partial charge in [-0.05, 0) is 19.9 Å². The molecule has 1 aromatic carbocycles. The Labute approximate surface area is 117 Å². The number of carbonyl (C=O) groups is 1. The van der Waals surface area contributed by atoms with Crippen molar-refractivity contribution in [3.8, 4) is 11.5 Å². The Balaban J connectivity index is 2.09. The summed E-state index contributed by atoms with van der Waals surface area (Å²) in [4.78, 5) is 11.0. The molecule has 0 aliphatic carbocycles. The van der Waals surface area contributed by atoms with Crippen LogP contribution in [0.5, 0.6) is 11.5 Å². The van der Waals surface area contributed by atoms with E-state index < -0.39 is 12.0 Å². The Morgan fingerprint density at radius 1 is 1.40 bits per heavy atom. The highest BCUT2D eigenvalue weighted by Crippen LogP contribution is 2.45. The van der Waals surface area contributed by atoms with Crippen molar-refractivity contribution in [3.05, 3.63) is 22.8 Å². The molecule has 2 heterocycles. The summed E-state index contributed by atoms with van der Waals surface area (Å²) in [6.07, 6.45) is 1.66. The average molecular weight is 277 g/mol. The Morgan fingerprint density at radius 2 is 2.10 bits per heavy atom. The van der Waals surface area contributed by atoms with Gasteiger partial charge in [0.1, 0.15) is 23.7 Å². The van der Waals surface area contributed by atoms with Crippen molar-refractivity contribution in [1.29, 1.82) is 0 Å². The Kier molecular flexibility index (Phi) is 3.09. The summed E-state index contributed by atoms with van der Waals surface area (Å²) in [5, 5.41) is 8.99. The standard InChI is InChI=1S/C15H19NO4/c1-7-3-9-5-12-10(4-8(2)19-12)14(15(9)20-7)11(16)6-13(17)18/h5,7-8,11H,3-4,6,16H2,1-2H3,(H,17,18). The SMILES string of the molecule is CC1Cc2c(cc3c(c2C(N)CC(=O)O)OC(C)C3)O1. The van der Waals surface area contributed by atoms with Crippen LogP contribution in [-0.4, -0.2) is 23.3 Å². The van der Waals surface area contributed by atoms with Gasteiger partial charge in [0, 0.05) is 35.6 Å². The van der Waals surface area contributed by atoms with Gasteiger partial charge in [0.15, 0.2) is 0 Å². The number of carboxylic acids is 1. The third-order valence-corrected chi connectivity index (χ3v) is 3.88. The third-order valence-electron chi connectivity index (χ3n) is 3.88. The van der Waals surface area contributed by atoms with Gasteiger partial charge in [0.25, 0.3) is 0 Å². The topological polar surface area (TPSA) is 81.8 Å². The summed E-state index contributed by atoms with van der Waals surface area (Å²) < 4.78 is 11.7. The Hall–Kier alpha value is -1.75. The molecule has 3 atom stereocenters. The molecule has 0 saturated heterocycles. The van der Waals surface area contributed by atoms with Crippen molar-refractivity contribution in [2.24, 2.45) is 5.73 Å². The molecule has 2 aliphatic heterocycles. The van der Waals surface area contributed by atoms with Crippen LogP contribution in [-0.2, 0) is 17.6 Å². The van der Waals surface area contributed by atoms with Crippen LogP contribution in [0.3, 0.4) is 0 Å². The molecule has 3 N–H and O–H groups in total. The predicted octanol–water partition coefficient (Wildman–Crippen LogP) is 1.81. The van der Waals surface area contributed by atoms with Gasteiger partial charge < -0.3 is 20.3 Å². The van der Waals surface area contributed by atoms with E-state index in [-0.39, 0.29) is 18.6 Å². The van der Waals surface area contributed by atoms with Gasteiger partial charge >= 0.3 is 5.97 Å². The van der Waals surface area contributed by atoms with Crippen molar-refractivity contribution in [2.75, 3.05) is 0 Å². The number of benzene rings is 1. The van der Waals surface area contributed by atoms with E-state index in [9.17, 15) is 4.79 Å². The molecule has 2 aliphatic rings. The summed E-state index contributed by atoms with van der Waals surface area (Å²) in [5.41, 5.74) is 9.03. The van der Waals surface area contributed by atoms with Crippen molar-refractivity contribution in [2.45, 2.75) is 51.4 Å². The van der Waals surface area contributed by atoms with E-state index in [1.165, 1.54) is 0 Å². The van der Waals surface area contributed by atoms with E-state index in [4.69, 9.17) is 20.3 Å². The third kappa shape index (κ3) is 2.12. The molecule has 0 amide bonds. The first-order valence-electron chi connectivity index (χ1n) is 6.95. The molecule has 0 saturated carbocycles. The molecular formula is C15H19NO4. The number of nitrogens with two attached hydrogens (primary N) is 1. The van der Waals surface area contributed by atoms with E-state index in [0.29, 0.717) is 0 Å². The lowest BCUT2D eigenvalue weighted by Gasteiger charge is -2.18. The van der Waals surface area contributed by atoms with E-state index in [1.807, 2.05) is 19.9 Å². The number of hydrogen-bond acceptors (Lipinski definition) is 4. The highest BCUT2D eigenvalue weighted by Gasteiger charge is 2.34. The quantitative estimate of drug-likeness (QED) is 0.880. The monoisotopic (exact) mass is 277 g/mol. The zero-order chi connectivity index (χ0) is 14.4. The Morgan fingerprint density at radius 3 is 2.80 bits per heavy atom. The first kappa shape index (κ1) is 13.2. The smallest absolute Gasteiger partial charge is 0.305 e. The normalized spacial score (nSPS) is 24.6. The van der Waals surface area contributed by atoms with Gasteiger partial charge in [-0.2, -0.15) is 0 Å². The van der Waals surface area contributed by atoms with E-state index >= 15 is 0 Å². The van der Waals surface area contributed by atoms with Gasteiger partial charge in [-0.3, -0.25) is 4.79 Å². The second-order valence-electron chi connectivity index (χ2n) is 5.72. The maximum atomic E-state index is 11.0. The van der Waals surface area contributed by atoms with E-state index in [1.54, 1.807) is 0 Å². The number of ether oxygens (including phenoxy) is 2. The fourth-order valence-corrected chi connectivity index (χ4v) is 3.14. The fraction of sp³-hybridized carbons (Fsp3) is 0.533. The average Bonchev–Trinajstić information content (AvgIpc) is 2.84. The second kappa shape index (κ2) is 4.66. The van der Waals surface area contributed by atoms with Crippen LogP contribution < -0.4 is 15.2 Å². The second-order valence-corrected chi connectivity index (χ2v) is 5.72. The molecule has 0 bridgehead atoms. The number of fused-ring (bicyclic) bond motifs is 2. The van der Waals surface area contributed by atoms with Crippen LogP contribution >= 0.6 is 0 Å². The van der Waals surface area contributed by atoms with Gasteiger partial charge in [0.2, 0.25) is 0 Å². The minimum atomic E-state index is -0.901. The lowest BCUT2D eigenvalue weighted by Crippen LogP contribution is -2.18. The van der Waals surface area contributed by atoms with Gasteiger partial charge in [0.05, 0.1) is 6.42 Å². The molecule has 0 spiro atoms. The van der Waals surface area contributed by atoms with Crippen LogP contribution in [0.25, 0.3) is 0 Å². The van der Waals surface area contributed by atoms with Crippen LogP contribution in [0.1, 0.15) is 43.0 Å². The lowest BCUT2D eigenvalue weighted by molar-refractivity contribution is -0.137. The van der Waals surface area contributed by atoms with E-state index in [2.05, 4.69) is 0 Å². The molecule has 0 radical (unpaired) electrons. The zero-order valence-electron chi connectivity index (χ0n) is 11.7. The maximum Gasteiger partial charge on any atom is 0.305 e. The van der Waals surface area contributed by atoms with Crippen LogP contribution in [0.2, 0.25) is 0 Å². The highest BCUT2D eigenvalue weighted by atomic mass is 16.5. The summed E-state index contributed by atoms with van der Waals surface area (Å²) in [6.45, 7) is 4.00. The van der Waals surface area contributed by atoms with Crippen molar-refractivity contribution < 1.29 is 19.4 Å². The maximum absolute atomic E-state index is 11.0. The minimum absolute atomic E-state index is 0.0979. The number of carboxylic acid groups (broad SMARTS) is 1. The van der Waals surface area contributed by atoms with Gasteiger partial charge in [-0.15, -0.1) is 0 Å². The lowest BCUT2D eigenvalue weighted by atomic mass is 9.92. The molecule has 3 unspecified atom stereocenters. The predicted molar refractivity (Wildman–Crippen MR) is 73.2 cm³/mol. The van der Waals surface area contributed by atoms with Crippen molar-refractivity contribution in [3.63, 3.8) is 0 Å². The number of hydrogen-bond donors (Lipinski definition) is 2. The molecule has 5 nitrogen and oxygen atoms in total. The fourth-order valence-electron chi connectivity index (χ4n) is 3.14. The van der Waals surface area contributed by atoms with Crippen molar-refractivity contribution in [1.82, 2.24) is 0 Å². The summed E-state index contributed by atoms with van der Waals surface area (Å²) >= 11 is 0. The van der Waals surface area contributed by atoms with Crippen LogP contribution in [0, 0.1) is 0 Å². The largest absolute Gasteiger partial charge is 0.490 e. The number of aliphatic carboxylic acids is 1. The Bertz CT molecular complexity index is 533. The zero-order valence-corrected chi connectivity index (χ0v) is 11.7.